The van der Waals surface area contributed by atoms with Crippen LogP contribution in [0.1, 0.15) is 28.3 Å². The highest BCUT2D eigenvalue weighted by Crippen LogP contribution is 2.37. The van der Waals surface area contributed by atoms with Gasteiger partial charge in [-0.2, -0.15) is 11.3 Å². The topological polar surface area (TPSA) is 40.6 Å². The first kappa shape index (κ1) is 18.4. The summed E-state index contributed by atoms with van der Waals surface area (Å²) in [7, 11) is 0. The Kier molecular flexibility index (Phi) is 4.77. The molecule has 1 saturated heterocycles. The maximum absolute atomic E-state index is 13.6. The SMILES string of the molecule is Cc1ccc(N2C(=O)CN(c3ccccc3C)C(=O)[C@@H]2c2ccsc2)c(C)c1. The van der Waals surface area contributed by atoms with E-state index in [-0.39, 0.29) is 18.4 Å². The summed E-state index contributed by atoms with van der Waals surface area (Å²) in [5, 5.41) is 3.90. The van der Waals surface area contributed by atoms with Crippen LogP contribution in [0.2, 0.25) is 0 Å². The lowest BCUT2D eigenvalue weighted by Crippen LogP contribution is -2.56. The molecule has 1 fully saturated rings. The molecule has 1 aliphatic rings. The average Bonchev–Trinajstić information content (AvgIpc) is 3.18. The van der Waals surface area contributed by atoms with Crippen molar-refractivity contribution in [3.05, 3.63) is 81.5 Å². The van der Waals surface area contributed by atoms with E-state index >= 15 is 0 Å². The molecule has 0 saturated carbocycles. The van der Waals surface area contributed by atoms with Gasteiger partial charge in [-0.15, -0.1) is 0 Å². The number of amides is 2. The van der Waals surface area contributed by atoms with E-state index in [4.69, 9.17) is 0 Å². The van der Waals surface area contributed by atoms with Crippen LogP contribution in [0.25, 0.3) is 0 Å². The zero-order chi connectivity index (χ0) is 19.8. The molecule has 0 bridgehead atoms. The number of nitrogens with zero attached hydrogens (tertiary/aromatic N) is 2. The molecule has 0 radical (unpaired) electrons. The molecule has 4 nitrogen and oxygen atoms in total. The van der Waals surface area contributed by atoms with Crippen LogP contribution in [-0.2, 0) is 9.59 Å². The highest BCUT2D eigenvalue weighted by Gasteiger charge is 2.42. The fourth-order valence-corrected chi connectivity index (χ4v) is 4.51. The first-order chi connectivity index (χ1) is 13.5. The van der Waals surface area contributed by atoms with Crippen molar-refractivity contribution < 1.29 is 9.59 Å². The number of hydrogen-bond acceptors (Lipinski definition) is 3. The number of carbonyl (C=O) groups excluding carboxylic acids is 2. The van der Waals surface area contributed by atoms with Gasteiger partial charge in [0, 0.05) is 11.4 Å². The van der Waals surface area contributed by atoms with Crippen molar-refractivity contribution in [2.75, 3.05) is 16.3 Å². The Morgan fingerprint density at radius 1 is 0.929 bits per heavy atom. The van der Waals surface area contributed by atoms with E-state index in [1.54, 1.807) is 9.80 Å². The number of rotatable bonds is 3. The van der Waals surface area contributed by atoms with Gasteiger partial charge in [-0.25, -0.2) is 0 Å². The minimum Gasteiger partial charge on any atom is -0.301 e. The third kappa shape index (κ3) is 3.12. The predicted molar refractivity (Wildman–Crippen MR) is 114 cm³/mol. The zero-order valence-corrected chi connectivity index (χ0v) is 17.0. The number of carbonyl (C=O) groups is 2. The number of thiophene rings is 1. The van der Waals surface area contributed by atoms with E-state index < -0.39 is 6.04 Å². The normalized spacial score (nSPS) is 17.3. The summed E-state index contributed by atoms with van der Waals surface area (Å²) in [6.07, 6.45) is 0. The number of anilines is 2. The van der Waals surface area contributed by atoms with E-state index in [0.29, 0.717) is 0 Å². The molecule has 3 aromatic rings. The molecule has 1 atom stereocenters. The van der Waals surface area contributed by atoms with Crippen molar-refractivity contribution in [1.82, 2.24) is 0 Å². The van der Waals surface area contributed by atoms with Crippen molar-refractivity contribution in [3.8, 4) is 0 Å². The van der Waals surface area contributed by atoms with Crippen LogP contribution >= 0.6 is 11.3 Å². The lowest BCUT2D eigenvalue weighted by atomic mass is 9.99. The predicted octanol–water partition coefficient (Wildman–Crippen LogP) is 4.79. The molecule has 0 unspecified atom stereocenters. The van der Waals surface area contributed by atoms with Crippen LogP contribution in [0.5, 0.6) is 0 Å². The van der Waals surface area contributed by atoms with Gasteiger partial charge in [0.15, 0.2) is 0 Å². The summed E-state index contributed by atoms with van der Waals surface area (Å²) < 4.78 is 0. The van der Waals surface area contributed by atoms with Gasteiger partial charge in [0.25, 0.3) is 5.91 Å². The molecule has 2 amide bonds. The van der Waals surface area contributed by atoms with Gasteiger partial charge < -0.3 is 4.90 Å². The monoisotopic (exact) mass is 390 g/mol. The van der Waals surface area contributed by atoms with Gasteiger partial charge in [0.2, 0.25) is 5.91 Å². The highest BCUT2D eigenvalue weighted by molar-refractivity contribution is 7.08. The van der Waals surface area contributed by atoms with Crippen LogP contribution in [0.15, 0.2) is 59.3 Å². The van der Waals surface area contributed by atoms with Crippen molar-refractivity contribution in [2.45, 2.75) is 26.8 Å². The molecule has 0 spiro atoms. The van der Waals surface area contributed by atoms with Gasteiger partial charge in [0.05, 0.1) is 0 Å². The lowest BCUT2D eigenvalue weighted by molar-refractivity contribution is -0.128. The van der Waals surface area contributed by atoms with Crippen LogP contribution in [0, 0.1) is 20.8 Å². The second kappa shape index (κ2) is 7.24. The van der Waals surface area contributed by atoms with Crippen LogP contribution < -0.4 is 9.80 Å². The molecular weight excluding hydrogens is 368 g/mol. The molecule has 1 aliphatic heterocycles. The van der Waals surface area contributed by atoms with Crippen LogP contribution in [-0.4, -0.2) is 18.4 Å². The summed E-state index contributed by atoms with van der Waals surface area (Å²) in [4.78, 5) is 30.2. The Morgan fingerprint density at radius 2 is 1.71 bits per heavy atom. The number of aryl methyl sites for hydroxylation is 3. The standard InChI is InChI=1S/C23H22N2O2S/c1-15-8-9-20(17(3)12-15)25-21(26)13-24(19-7-5-4-6-16(19)2)23(27)22(25)18-10-11-28-14-18/h4-12,14,22H,13H2,1-3H3/t22-/m0/s1. The molecule has 2 heterocycles. The minimum absolute atomic E-state index is 0.0393. The largest absolute Gasteiger partial charge is 0.301 e. The Bertz CT molecular complexity index is 1040. The van der Waals surface area contributed by atoms with Crippen LogP contribution in [0.3, 0.4) is 0 Å². The minimum atomic E-state index is -0.659. The molecule has 5 heteroatoms. The van der Waals surface area contributed by atoms with Gasteiger partial charge in [-0.3, -0.25) is 14.5 Å². The first-order valence-corrected chi connectivity index (χ1v) is 10.2. The smallest absolute Gasteiger partial charge is 0.255 e. The van der Waals surface area contributed by atoms with Crippen molar-refractivity contribution in [1.29, 1.82) is 0 Å². The number of piperazine rings is 1. The van der Waals surface area contributed by atoms with Crippen LogP contribution in [0.4, 0.5) is 11.4 Å². The molecule has 4 rings (SSSR count). The fourth-order valence-electron chi connectivity index (χ4n) is 3.83. The summed E-state index contributed by atoms with van der Waals surface area (Å²) in [6.45, 7) is 6.01. The Morgan fingerprint density at radius 3 is 2.39 bits per heavy atom. The third-order valence-electron chi connectivity index (χ3n) is 5.20. The second-order valence-corrected chi connectivity index (χ2v) is 8.00. The molecule has 1 aromatic heterocycles. The van der Waals surface area contributed by atoms with Crippen molar-refractivity contribution in [2.24, 2.45) is 0 Å². The molecule has 28 heavy (non-hydrogen) atoms. The maximum atomic E-state index is 13.6. The first-order valence-electron chi connectivity index (χ1n) is 9.26. The van der Waals surface area contributed by atoms with E-state index in [1.807, 2.05) is 80.1 Å². The average molecular weight is 391 g/mol. The van der Waals surface area contributed by atoms with E-state index in [0.717, 1.165) is 33.6 Å². The number of hydrogen-bond donors (Lipinski definition) is 0. The van der Waals surface area contributed by atoms with Gasteiger partial charge >= 0.3 is 0 Å². The number of benzene rings is 2. The molecule has 0 aliphatic carbocycles. The highest BCUT2D eigenvalue weighted by atomic mass is 32.1. The maximum Gasteiger partial charge on any atom is 0.255 e. The van der Waals surface area contributed by atoms with Crippen molar-refractivity contribution >= 4 is 34.5 Å². The van der Waals surface area contributed by atoms with Gasteiger partial charge in [-0.1, -0.05) is 35.9 Å². The molecule has 0 N–H and O–H groups in total. The van der Waals surface area contributed by atoms with E-state index in [9.17, 15) is 9.59 Å². The number of para-hydroxylation sites is 1. The Balaban J connectivity index is 1.83. The Hall–Kier alpha value is -2.92. The lowest BCUT2D eigenvalue weighted by Gasteiger charge is -2.41. The zero-order valence-electron chi connectivity index (χ0n) is 16.2. The quantitative estimate of drug-likeness (QED) is 0.645. The summed E-state index contributed by atoms with van der Waals surface area (Å²) in [5.74, 6) is -0.154. The summed E-state index contributed by atoms with van der Waals surface area (Å²) >= 11 is 1.53. The van der Waals surface area contributed by atoms with Gasteiger partial charge in [-0.05, 0) is 66.4 Å². The Labute approximate surface area is 169 Å². The van der Waals surface area contributed by atoms with Crippen molar-refractivity contribution in [3.63, 3.8) is 0 Å². The van der Waals surface area contributed by atoms with Gasteiger partial charge in [0.1, 0.15) is 12.6 Å². The summed E-state index contributed by atoms with van der Waals surface area (Å²) in [5.41, 5.74) is 5.54. The molecular formula is C23H22N2O2S. The van der Waals surface area contributed by atoms with E-state index in [2.05, 4.69) is 0 Å². The second-order valence-electron chi connectivity index (χ2n) is 7.22. The fraction of sp³-hybridized carbons (Fsp3) is 0.217. The van der Waals surface area contributed by atoms with E-state index in [1.165, 1.54) is 11.3 Å². The molecule has 142 valence electrons. The third-order valence-corrected chi connectivity index (χ3v) is 5.90. The molecule has 2 aromatic carbocycles. The summed E-state index contributed by atoms with van der Waals surface area (Å²) in [6, 6.07) is 14.9.